The third kappa shape index (κ3) is 7.71. The van der Waals surface area contributed by atoms with Gasteiger partial charge in [0.1, 0.15) is 5.60 Å². The summed E-state index contributed by atoms with van der Waals surface area (Å²) in [5.74, 6) is -0.704. The fourth-order valence-electron chi connectivity index (χ4n) is 2.74. The predicted molar refractivity (Wildman–Crippen MR) is 121 cm³/mol. The molecule has 31 heavy (non-hydrogen) atoms. The summed E-state index contributed by atoms with van der Waals surface area (Å²) in [6.45, 7) is 7.47. The van der Waals surface area contributed by atoms with Crippen molar-refractivity contribution in [1.29, 1.82) is 0 Å². The molecular weight excluding hydrogens is 416 g/mol. The summed E-state index contributed by atoms with van der Waals surface area (Å²) in [5.41, 5.74) is 1.59. The van der Waals surface area contributed by atoms with Crippen molar-refractivity contribution < 1.29 is 22.7 Å². The highest BCUT2D eigenvalue weighted by Crippen LogP contribution is 2.19. The molecule has 7 nitrogen and oxygen atoms in total. The van der Waals surface area contributed by atoms with Crippen molar-refractivity contribution >= 4 is 27.5 Å². The zero-order chi connectivity index (χ0) is 23.2. The van der Waals surface area contributed by atoms with E-state index in [0.717, 1.165) is 5.56 Å². The molecule has 0 heterocycles. The molecule has 2 rings (SSSR count). The first-order chi connectivity index (χ1) is 14.4. The number of amides is 2. The number of nitrogens with zero attached hydrogens (tertiary/aromatic N) is 1. The first kappa shape index (κ1) is 24.4. The Labute approximate surface area is 184 Å². The largest absolute Gasteiger partial charge is 0.444 e. The molecule has 0 aliphatic heterocycles. The van der Waals surface area contributed by atoms with Gasteiger partial charge in [-0.2, -0.15) is 0 Å². The van der Waals surface area contributed by atoms with Gasteiger partial charge < -0.3 is 15.0 Å². The van der Waals surface area contributed by atoms with Crippen LogP contribution in [0.25, 0.3) is 0 Å². The van der Waals surface area contributed by atoms with Crippen LogP contribution in [0, 0.1) is 6.92 Å². The van der Waals surface area contributed by atoms with E-state index in [1.54, 1.807) is 76.3 Å². The SMILES string of the molecule is Cc1ccc(S(=O)(=O)CCC(=O)Nc2ccccc2CN(C)C(=O)OC(C)(C)C)cc1. The van der Waals surface area contributed by atoms with Crippen molar-refractivity contribution in [1.82, 2.24) is 4.90 Å². The van der Waals surface area contributed by atoms with E-state index >= 15 is 0 Å². The van der Waals surface area contributed by atoms with Crippen LogP contribution in [-0.2, 0) is 25.9 Å². The number of hydrogen-bond acceptors (Lipinski definition) is 5. The smallest absolute Gasteiger partial charge is 0.410 e. The fourth-order valence-corrected chi connectivity index (χ4v) is 3.98. The lowest BCUT2D eigenvalue weighted by atomic mass is 10.1. The van der Waals surface area contributed by atoms with Gasteiger partial charge in [0.05, 0.1) is 17.2 Å². The van der Waals surface area contributed by atoms with Crippen LogP contribution in [-0.4, -0.2) is 43.7 Å². The molecule has 1 N–H and O–H groups in total. The van der Waals surface area contributed by atoms with E-state index in [1.165, 1.54) is 4.90 Å². The molecule has 0 fully saturated rings. The van der Waals surface area contributed by atoms with Gasteiger partial charge in [-0.1, -0.05) is 35.9 Å². The maximum absolute atomic E-state index is 12.5. The van der Waals surface area contributed by atoms with Crippen LogP contribution in [0.3, 0.4) is 0 Å². The molecule has 0 bridgehead atoms. The van der Waals surface area contributed by atoms with Crippen LogP contribution in [0.5, 0.6) is 0 Å². The second kappa shape index (κ2) is 9.96. The minimum absolute atomic E-state index is 0.174. The van der Waals surface area contributed by atoms with Crippen LogP contribution < -0.4 is 5.32 Å². The number of carbonyl (C=O) groups excluding carboxylic acids is 2. The molecule has 0 radical (unpaired) electrons. The van der Waals surface area contributed by atoms with Gasteiger partial charge >= 0.3 is 6.09 Å². The molecule has 0 saturated carbocycles. The number of rotatable bonds is 7. The monoisotopic (exact) mass is 446 g/mol. The van der Waals surface area contributed by atoms with Crippen molar-refractivity contribution in [2.24, 2.45) is 0 Å². The average molecular weight is 447 g/mol. The van der Waals surface area contributed by atoms with E-state index in [2.05, 4.69) is 5.32 Å². The fraction of sp³-hybridized carbons (Fsp3) is 0.391. The number of benzene rings is 2. The van der Waals surface area contributed by atoms with Crippen LogP contribution in [0.2, 0.25) is 0 Å². The normalized spacial score (nSPS) is 11.6. The summed E-state index contributed by atoms with van der Waals surface area (Å²) in [4.78, 5) is 26.3. The number of para-hydroxylation sites is 1. The molecule has 0 aliphatic rings. The van der Waals surface area contributed by atoms with Gasteiger partial charge in [0.25, 0.3) is 0 Å². The number of carbonyl (C=O) groups is 2. The number of aryl methyl sites for hydroxylation is 1. The number of hydrogen-bond donors (Lipinski definition) is 1. The molecule has 0 unspecified atom stereocenters. The highest BCUT2D eigenvalue weighted by atomic mass is 32.2. The molecule has 168 valence electrons. The quantitative estimate of drug-likeness (QED) is 0.689. The van der Waals surface area contributed by atoms with Gasteiger partial charge in [-0.25, -0.2) is 13.2 Å². The first-order valence-corrected chi connectivity index (χ1v) is 11.6. The number of anilines is 1. The first-order valence-electron chi connectivity index (χ1n) is 9.99. The Morgan fingerprint density at radius 1 is 1.03 bits per heavy atom. The summed E-state index contributed by atoms with van der Waals surface area (Å²) in [6, 6.07) is 13.6. The zero-order valence-electron chi connectivity index (χ0n) is 18.6. The summed E-state index contributed by atoms with van der Waals surface area (Å²) in [7, 11) is -1.94. The number of ether oxygens (including phenoxy) is 1. The summed E-state index contributed by atoms with van der Waals surface area (Å²) in [6.07, 6.45) is -0.648. The molecule has 8 heteroatoms. The van der Waals surface area contributed by atoms with Gasteiger partial charge in [-0.05, 0) is 51.5 Å². The molecule has 2 aromatic carbocycles. The third-order valence-electron chi connectivity index (χ3n) is 4.38. The highest BCUT2D eigenvalue weighted by molar-refractivity contribution is 7.91. The Balaban J connectivity index is 2.01. The summed E-state index contributed by atoms with van der Waals surface area (Å²) < 4.78 is 30.3. The minimum Gasteiger partial charge on any atom is -0.444 e. The maximum atomic E-state index is 12.5. The van der Waals surface area contributed by atoms with E-state index in [-0.39, 0.29) is 23.6 Å². The van der Waals surface area contributed by atoms with E-state index < -0.39 is 27.4 Å². The van der Waals surface area contributed by atoms with Gasteiger partial charge in [0, 0.05) is 19.2 Å². The van der Waals surface area contributed by atoms with Crippen molar-refractivity contribution in [2.75, 3.05) is 18.1 Å². The van der Waals surface area contributed by atoms with Crippen LogP contribution in [0.1, 0.15) is 38.3 Å². The molecule has 0 spiro atoms. The Hall–Kier alpha value is -2.87. The average Bonchev–Trinajstić information content (AvgIpc) is 2.67. The van der Waals surface area contributed by atoms with Crippen molar-refractivity contribution in [3.8, 4) is 0 Å². The highest BCUT2D eigenvalue weighted by Gasteiger charge is 2.21. The lowest BCUT2D eigenvalue weighted by Crippen LogP contribution is -2.34. The van der Waals surface area contributed by atoms with Gasteiger partial charge in [-0.15, -0.1) is 0 Å². The predicted octanol–water partition coefficient (Wildman–Crippen LogP) is 4.16. The minimum atomic E-state index is -3.55. The van der Waals surface area contributed by atoms with Gasteiger partial charge in [0.15, 0.2) is 9.84 Å². The number of nitrogens with one attached hydrogen (secondary N) is 1. The lowest BCUT2D eigenvalue weighted by molar-refractivity contribution is -0.115. The molecule has 2 amide bonds. The molecular formula is C23H30N2O5S. The van der Waals surface area contributed by atoms with Gasteiger partial charge in [-0.3, -0.25) is 4.79 Å². The Bertz CT molecular complexity index is 1020. The summed E-state index contributed by atoms with van der Waals surface area (Å²) in [5, 5.41) is 2.75. The van der Waals surface area contributed by atoms with E-state index in [9.17, 15) is 18.0 Å². The Morgan fingerprint density at radius 3 is 2.26 bits per heavy atom. The second-order valence-electron chi connectivity index (χ2n) is 8.42. The van der Waals surface area contributed by atoms with Crippen LogP contribution in [0.4, 0.5) is 10.5 Å². The summed E-state index contributed by atoms with van der Waals surface area (Å²) >= 11 is 0. The molecule has 0 atom stereocenters. The van der Waals surface area contributed by atoms with E-state index in [0.29, 0.717) is 11.3 Å². The van der Waals surface area contributed by atoms with Crippen LogP contribution in [0.15, 0.2) is 53.4 Å². The lowest BCUT2D eigenvalue weighted by Gasteiger charge is -2.25. The zero-order valence-corrected chi connectivity index (χ0v) is 19.5. The molecule has 0 saturated heterocycles. The molecule has 0 aromatic heterocycles. The van der Waals surface area contributed by atoms with E-state index in [1.807, 2.05) is 6.92 Å². The topological polar surface area (TPSA) is 92.8 Å². The Kier molecular flexibility index (Phi) is 7.84. The van der Waals surface area contributed by atoms with Crippen LogP contribution >= 0.6 is 0 Å². The number of sulfone groups is 1. The van der Waals surface area contributed by atoms with E-state index in [4.69, 9.17) is 4.74 Å². The standard InChI is InChI=1S/C23H30N2O5S/c1-17-10-12-19(13-11-17)31(28,29)15-14-21(26)24-20-9-7-6-8-18(20)16-25(5)22(27)30-23(2,3)4/h6-13H,14-16H2,1-5H3,(H,24,26). The Morgan fingerprint density at radius 2 is 1.65 bits per heavy atom. The van der Waals surface area contributed by atoms with Crippen molar-refractivity contribution in [3.63, 3.8) is 0 Å². The second-order valence-corrected chi connectivity index (χ2v) is 10.5. The van der Waals surface area contributed by atoms with Crippen molar-refractivity contribution in [2.45, 2.75) is 51.2 Å². The third-order valence-corrected chi connectivity index (χ3v) is 6.11. The molecule has 0 aliphatic carbocycles. The maximum Gasteiger partial charge on any atom is 0.410 e. The van der Waals surface area contributed by atoms with Crippen molar-refractivity contribution in [3.05, 3.63) is 59.7 Å². The van der Waals surface area contributed by atoms with Gasteiger partial charge in [0.2, 0.25) is 5.91 Å². The molecule has 2 aromatic rings.